The van der Waals surface area contributed by atoms with Gasteiger partial charge in [-0.3, -0.25) is 0 Å². The van der Waals surface area contributed by atoms with E-state index in [-0.39, 0.29) is 12.0 Å². The highest BCUT2D eigenvalue weighted by molar-refractivity contribution is 6.31. The molecule has 0 heterocycles. The number of benzene rings is 2. The lowest BCUT2D eigenvalue weighted by molar-refractivity contribution is 0.518. The average molecular weight is 258 g/mol. The molecule has 0 saturated carbocycles. The highest BCUT2D eigenvalue weighted by atomic mass is 35.5. The first-order chi connectivity index (χ1) is 8.77. The lowest BCUT2D eigenvalue weighted by atomic mass is 9.76. The molecule has 2 aromatic carbocycles. The molecule has 2 atom stereocenters. The number of nitrogens with two attached hydrogens (primary N) is 1. The Morgan fingerprint density at radius 3 is 2.56 bits per heavy atom. The molecule has 0 radical (unpaired) electrons. The second-order valence-corrected chi connectivity index (χ2v) is 5.31. The Morgan fingerprint density at radius 2 is 1.78 bits per heavy atom. The predicted molar refractivity (Wildman–Crippen MR) is 76.0 cm³/mol. The molecule has 92 valence electrons. The van der Waals surface area contributed by atoms with Crippen molar-refractivity contribution in [2.75, 3.05) is 0 Å². The van der Waals surface area contributed by atoms with Gasteiger partial charge >= 0.3 is 0 Å². The number of fused-ring (bicyclic) bond motifs is 1. The van der Waals surface area contributed by atoms with Crippen LogP contribution in [0.25, 0.3) is 0 Å². The van der Waals surface area contributed by atoms with Gasteiger partial charge in [-0.05, 0) is 35.6 Å². The minimum absolute atomic E-state index is 0.179. The summed E-state index contributed by atoms with van der Waals surface area (Å²) in [5, 5.41) is 0.875. The third-order valence-electron chi connectivity index (χ3n) is 3.80. The smallest absolute Gasteiger partial charge is 0.0440 e. The molecule has 2 aromatic rings. The van der Waals surface area contributed by atoms with Crippen molar-refractivity contribution in [3.8, 4) is 0 Å². The van der Waals surface area contributed by atoms with E-state index in [9.17, 15) is 0 Å². The fraction of sp³-hybridized carbons (Fsp3) is 0.250. The van der Waals surface area contributed by atoms with E-state index in [0.29, 0.717) is 0 Å². The summed E-state index contributed by atoms with van der Waals surface area (Å²) in [5.41, 5.74) is 10.2. The standard InChI is InChI=1S/C16H16ClN/c17-14-8-4-7-13-12(14)9-10-15(18)16(13)11-5-2-1-3-6-11/h1-8,15-16H,9-10,18H2. The van der Waals surface area contributed by atoms with Crippen LogP contribution in [0.4, 0.5) is 0 Å². The van der Waals surface area contributed by atoms with E-state index < -0.39 is 0 Å². The van der Waals surface area contributed by atoms with Crippen LogP contribution in [0.1, 0.15) is 29.0 Å². The van der Waals surface area contributed by atoms with Crippen molar-refractivity contribution in [1.29, 1.82) is 0 Å². The maximum absolute atomic E-state index is 6.33. The minimum Gasteiger partial charge on any atom is -0.327 e. The van der Waals surface area contributed by atoms with Crippen molar-refractivity contribution in [2.24, 2.45) is 5.73 Å². The van der Waals surface area contributed by atoms with Crippen molar-refractivity contribution in [1.82, 2.24) is 0 Å². The zero-order valence-corrected chi connectivity index (χ0v) is 10.9. The second kappa shape index (κ2) is 4.75. The van der Waals surface area contributed by atoms with Gasteiger partial charge in [-0.25, -0.2) is 0 Å². The molecule has 2 N–H and O–H groups in total. The van der Waals surface area contributed by atoms with Gasteiger partial charge in [0.2, 0.25) is 0 Å². The van der Waals surface area contributed by atoms with Gasteiger partial charge in [0.1, 0.15) is 0 Å². The van der Waals surface area contributed by atoms with Gasteiger partial charge in [-0.2, -0.15) is 0 Å². The summed E-state index contributed by atoms with van der Waals surface area (Å²) in [4.78, 5) is 0. The average Bonchev–Trinajstić information content (AvgIpc) is 2.40. The molecule has 1 nitrogen and oxygen atoms in total. The Kier molecular flexibility index (Phi) is 3.11. The summed E-state index contributed by atoms with van der Waals surface area (Å²) in [7, 11) is 0. The van der Waals surface area contributed by atoms with Gasteiger partial charge in [-0.15, -0.1) is 0 Å². The fourth-order valence-electron chi connectivity index (χ4n) is 2.93. The molecule has 0 saturated heterocycles. The Morgan fingerprint density at radius 1 is 1.00 bits per heavy atom. The van der Waals surface area contributed by atoms with Gasteiger partial charge < -0.3 is 5.73 Å². The van der Waals surface area contributed by atoms with E-state index in [4.69, 9.17) is 17.3 Å². The molecule has 3 rings (SSSR count). The molecular weight excluding hydrogens is 242 g/mol. The highest BCUT2D eigenvalue weighted by Gasteiger charge is 2.29. The summed E-state index contributed by atoms with van der Waals surface area (Å²) in [6.07, 6.45) is 1.98. The summed E-state index contributed by atoms with van der Waals surface area (Å²) in [5.74, 6) is 0.272. The predicted octanol–water partition coefficient (Wildman–Crippen LogP) is 3.75. The topological polar surface area (TPSA) is 26.0 Å². The van der Waals surface area contributed by atoms with Crippen LogP contribution in [0, 0.1) is 0 Å². The zero-order valence-electron chi connectivity index (χ0n) is 10.1. The van der Waals surface area contributed by atoms with Crippen LogP contribution in [-0.4, -0.2) is 6.04 Å². The van der Waals surface area contributed by atoms with Crippen molar-refractivity contribution in [3.63, 3.8) is 0 Å². The Balaban J connectivity index is 2.13. The Bertz CT molecular complexity index is 550. The third-order valence-corrected chi connectivity index (χ3v) is 4.16. The molecule has 0 amide bonds. The highest BCUT2D eigenvalue weighted by Crippen LogP contribution is 2.38. The normalized spacial score (nSPS) is 22.6. The quantitative estimate of drug-likeness (QED) is 0.827. The lowest BCUT2D eigenvalue weighted by Crippen LogP contribution is -2.33. The van der Waals surface area contributed by atoms with Gasteiger partial charge in [-0.1, -0.05) is 54.1 Å². The molecule has 0 spiro atoms. The molecule has 0 fully saturated rings. The largest absolute Gasteiger partial charge is 0.327 e. The first-order valence-corrected chi connectivity index (χ1v) is 6.73. The second-order valence-electron chi connectivity index (χ2n) is 4.90. The van der Waals surface area contributed by atoms with E-state index in [1.807, 2.05) is 18.2 Å². The van der Waals surface area contributed by atoms with Gasteiger partial charge in [0, 0.05) is 17.0 Å². The van der Waals surface area contributed by atoms with E-state index >= 15 is 0 Å². The molecule has 1 aliphatic rings. The minimum atomic E-state index is 0.179. The van der Waals surface area contributed by atoms with Gasteiger partial charge in [0.15, 0.2) is 0 Å². The first-order valence-electron chi connectivity index (χ1n) is 6.35. The van der Waals surface area contributed by atoms with Crippen LogP contribution in [0.5, 0.6) is 0 Å². The van der Waals surface area contributed by atoms with Crippen LogP contribution >= 0.6 is 11.6 Å². The lowest BCUT2D eigenvalue weighted by Gasteiger charge is -2.32. The maximum atomic E-state index is 6.33. The summed E-state index contributed by atoms with van der Waals surface area (Å²) < 4.78 is 0. The molecule has 1 aliphatic carbocycles. The van der Waals surface area contributed by atoms with E-state index in [1.54, 1.807) is 0 Å². The van der Waals surface area contributed by atoms with Crippen LogP contribution in [-0.2, 0) is 6.42 Å². The number of halogens is 1. The van der Waals surface area contributed by atoms with E-state index in [2.05, 4.69) is 30.3 Å². The number of hydrogen-bond donors (Lipinski definition) is 1. The monoisotopic (exact) mass is 257 g/mol. The molecular formula is C16H16ClN. The number of rotatable bonds is 1. The van der Waals surface area contributed by atoms with Crippen LogP contribution in [0.2, 0.25) is 5.02 Å². The van der Waals surface area contributed by atoms with E-state index in [0.717, 1.165) is 17.9 Å². The number of hydrogen-bond acceptors (Lipinski definition) is 1. The molecule has 18 heavy (non-hydrogen) atoms. The molecule has 0 aliphatic heterocycles. The fourth-order valence-corrected chi connectivity index (χ4v) is 3.20. The Labute approximate surface area is 113 Å². The van der Waals surface area contributed by atoms with Crippen molar-refractivity contribution < 1.29 is 0 Å². The summed E-state index contributed by atoms with van der Waals surface area (Å²) in [6.45, 7) is 0. The van der Waals surface area contributed by atoms with Gasteiger partial charge in [0.05, 0.1) is 0 Å². The molecule has 0 bridgehead atoms. The molecule has 2 heteroatoms. The summed E-state index contributed by atoms with van der Waals surface area (Å²) >= 11 is 6.30. The van der Waals surface area contributed by atoms with Crippen LogP contribution in [0.3, 0.4) is 0 Å². The van der Waals surface area contributed by atoms with E-state index in [1.165, 1.54) is 16.7 Å². The molecule has 0 aromatic heterocycles. The third kappa shape index (κ3) is 1.94. The summed E-state index contributed by atoms with van der Waals surface area (Å²) in [6, 6.07) is 16.8. The molecule has 2 unspecified atom stereocenters. The van der Waals surface area contributed by atoms with Gasteiger partial charge in [0.25, 0.3) is 0 Å². The maximum Gasteiger partial charge on any atom is 0.0440 e. The van der Waals surface area contributed by atoms with Crippen LogP contribution in [0.15, 0.2) is 48.5 Å². The van der Waals surface area contributed by atoms with Crippen LogP contribution < -0.4 is 5.73 Å². The van der Waals surface area contributed by atoms with Crippen molar-refractivity contribution in [3.05, 3.63) is 70.2 Å². The van der Waals surface area contributed by atoms with Crippen molar-refractivity contribution in [2.45, 2.75) is 24.8 Å². The first kappa shape index (κ1) is 11.8. The zero-order chi connectivity index (χ0) is 12.5. The Hall–Kier alpha value is -1.31. The SMILES string of the molecule is NC1CCc2c(Cl)cccc2C1c1ccccc1. The van der Waals surface area contributed by atoms with Crippen molar-refractivity contribution >= 4 is 11.6 Å².